The molecule has 0 aliphatic heterocycles. The van der Waals surface area contributed by atoms with Crippen molar-refractivity contribution in [1.82, 2.24) is 4.98 Å². The summed E-state index contributed by atoms with van der Waals surface area (Å²) in [5.74, 6) is 0.822. The molecule has 0 saturated heterocycles. The summed E-state index contributed by atoms with van der Waals surface area (Å²) in [6, 6.07) is 4.05. The number of aliphatic hydroxyl groups excluding tert-OH is 1. The van der Waals surface area contributed by atoms with Crippen molar-refractivity contribution < 1.29 is 5.11 Å². The number of pyridine rings is 1. The van der Waals surface area contributed by atoms with Crippen LogP contribution in [-0.4, -0.2) is 34.3 Å². The Morgan fingerprint density at radius 2 is 2.17 bits per heavy atom. The first-order valence-corrected chi connectivity index (χ1v) is 6.68. The minimum Gasteiger partial charge on any atom is -0.395 e. The molecule has 100 valence electrons. The van der Waals surface area contributed by atoms with E-state index in [1.54, 1.807) is 12.3 Å². The van der Waals surface area contributed by atoms with Crippen LogP contribution < -0.4 is 10.6 Å². The molecule has 1 heterocycles. The molecule has 5 heteroatoms. The number of aromatic nitrogens is 1. The monoisotopic (exact) mass is 267 g/mol. The van der Waals surface area contributed by atoms with E-state index < -0.39 is 0 Å². The Balaban J connectivity index is 3.04. The van der Waals surface area contributed by atoms with Gasteiger partial charge in [-0.1, -0.05) is 26.1 Å². The summed E-state index contributed by atoms with van der Waals surface area (Å²) in [5.41, 5.74) is 6.44. The van der Waals surface area contributed by atoms with Crippen LogP contribution in [0, 0.1) is 0 Å². The van der Waals surface area contributed by atoms with Gasteiger partial charge in [0.05, 0.1) is 6.61 Å². The van der Waals surface area contributed by atoms with Crippen molar-refractivity contribution in [1.29, 1.82) is 0 Å². The SMILES string of the molecule is CCC(CC)N(CCO)c1cc(C(N)=S)ccn1. The fourth-order valence-corrected chi connectivity index (χ4v) is 2.18. The summed E-state index contributed by atoms with van der Waals surface area (Å²) in [4.78, 5) is 6.84. The average molecular weight is 267 g/mol. The third-order valence-electron chi connectivity index (χ3n) is 3.05. The number of rotatable bonds is 7. The molecule has 4 nitrogen and oxygen atoms in total. The predicted octanol–water partition coefficient (Wildman–Crippen LogP) is 1.70. The van der Waals surface area contributed by atoms with Gasteiger partial charge in [0.2, 0.25) is 0 Å². The fraction of sp³-hybridized carbons (Fsp3) is 0.538. The molecule has 0 aliphatic rings. The molecule has 0 saturated carbocycles. The molecule has 3 N–H and O–H groups in total. The lowest BCUT2D eigenvalue weighted by Crippen LogP contribution is -2.37. The zero-order valence-electron chi connectivity index (χ0n) is 11.0. The Morgan fingerprint density at radius 1 is 1.50 bits per heavy atom. The van der Waals surface area contributed by atoms with Gasteiger partial charge in [-0.25, -0.2) is 4.98 Å². The maximum Gasteiger partial charge on any atom is 0.129 e. The van der Waals surface area contributed by atoms with Crippen LogP contribution in [0.15, 0.2) is 18.3 Å². The summed E-state index contributed by atoms with van der Waals surface area (Å²) >= 11 is 4.98. The van der Waals surface area contributed by atoms with Gasteiger partial charge < -0.3 is 15.7 Å². The molecule has 0 spiro atoms. The number of anilines is 1. The van der Waals surface area contributed by atoms with Crippen molar-refractivity contribution in [2.75, 3.05) is 18.1 Å². The van der Waals surface area contributed by atoms with Gasteiger partial charge in [-0.15, -0.1) is 0 Å². The van der Waals surface area contributed by atoms with Gasteiger partial charge in [0.15, 0.2) is 0 Å². The molecular weight excluding hydrogens is 246 g/mol. The topological polar surface area (TPSA) is 62.4 Å². The second kappa shape index (κ2) is 7.28. The van der Waals surface area contributed by atoms with Crippen molar-refractivity contribution in [2.24, 2.45) is 5.73 Å². The van der Waals surface area contributed by atoms with E-state index in [4.69, 9.17) is 18.0 Å². The first-order chi connectivity index (χ1) is 8.63. The fourth-order valence-electron chi connectivity index (χ4n) is 2.05. The molecule has 0 fully saturated rings. The Hall–Kier alpha value is -1.20. The van der Waals surface area contributed by atoms with Gasteiger partial charge in [-0.2, -0.15) is 0 Å². The molecule has 0 aliphatic carbocycles. The predicted molar refractivity (Wildman–Crippen MR) is 78.9 cm³/mol. The van der Waals surface area contributed by atoms with Gasteiger partial charge in [0.25, 0.3) is 0 Å². The maximum atomic E-state index is 9.20. The third kappa shape index (κ3) is 3.65. The van der Waals surface area contributed by atoms with Crippen LogP contribution in [0.2, 0.25) is 0 Å². The largest absolute Gasteiger partial charge is 0.395 e. The maximum absolute atomic E-state index is 9.20. The third-order valence-corrected chi connectivity index (χ3v) is 3.28. The lowest BCUT2D eigenvalue weighted by Gasteiger charge is -2.31. The molecule has 0 radical (unpaired) electrons. The van der Waals surface area contributed by atoms with E-state index in [-0.39, 0.29) is 6.61 Å². The molecule has 0 aromatic carbocycles. The highest BCUT2D eigenvalue weighted by atomic mass is 32.1. The molecular formula is C13H21N3OS. The summed E-state index contributed by atoms with van der Waals surface area (Å²) in [5, 5.41) is 9.20. The van der Waals surface area contributed by atoms with Gasteiger partial charge in [0, 0.05) is 24.3 Å². The van der Waals surface area contributed by atoms with Crippen molar-refractivity contribution in [3.63, 3.8) is 0 Å². The Kier molecular flexibility index (Phi) is 6.01. The average Bonchev–Trinajstić information content (AvgIpc) is 2.39. The molecule has 18 heavy (non-hydrogen) atoms. The molecule has 0 amide bonds. The first-order valence-electron chi connectivity index (χ1n) is 6.27. The number of nitrogens with zero attached hydrogens (tertiary/aromatic N) is 2. The van der Waals surface area contributed by atoms with E-state index in [0.717, 1.165) is 24.2 Å². The van der Waals surface area contributed by atoms with Crippen LogP contribution in [0.4, 0.5) is 5.82 Å². The summed E-state index contributed by atoms with van der Waals surface area (Å²) in [6.07, 6.45) is 3.72. The minimum atomic E-state index is 0.107. The number of thiocarbonyl (C=S) groups is 1. The van der Waals surface area contributed by atoms with Crippen LogP contribution >= 0.6 is 12.2 Å². The van der Waals surface area contributed by atoms with Crippen molar-refractivity contribution in [2.45, 2.75) is 32.7 Å². The van der Waals surface area contributed by atoms with E-state index in [0.29, 0.717) is 17.6 Å². The molecule has 0 unspecified atom stereocenters. The summed E-state index contributed by atoms with van der Waals surface area (Å²) in [7, 11) is 0. The summed E-state index contributed by atoms with van der Waals surface area (Å²) in [6.45, 7) is 4.95. The number of aliphatic hydroxyl groups is 1. The van der Waals surface area contributed by atoms with Gasteiger partial charge >= 0.3 is 0 Å². The lowest BCUT2D eigenvalue weighted by molar-refractivity contribution is 0.295. The van der Waals surface area contributed by atoms with Crippen molar-refractivity contribution >= 4 is 23.0 Å². The highest BCUT2D eigenvalue weighted by Crippen LogP contribution is 2.19. The van der Waals surface area contributed by atoms with Crippen LogP contribution in [0.1, 0.15) is 32.3 Å². The number of hydrogen-bond acceptors (Lipinski definition) is 4. The molecule has 0 bridgehead atoms. The van der Waals surface area contributed by atoms with Crippen LogP contribution in [-0.2, 0) is 0 Å². The quantitative estimate of drug-likeness (QED) is 0.736. The van der Waals surface area contributed by atoms with Crippen molar-refractivity contribution in [3.8, 4) is 0 Å². The smallest absolute Gasteiger partial charge is 0.129 e. The van der Waals surface area contributed by atoms with Crippen LogP contribution in [0.3, 0.4) is 0 Å². The van der Waals surface area contributed by atoms with Crippen LogP contribution in [0.25, 0.3) is 0 Å². The highest BCUT2D eigenvalue weighted by molar-refractivity contribution is 7.80. The van der Waals surface area contributed by atoms with E-state index >= 15 is 0 Å². The Morgan fingerprint density at radius 3 is 2.67 bits per heavy atom. The highest BCUT2D eigenvalue weighted by Gasteiger charge is 2.16. The summed E-state index contributed by atoms with van der Waals surface area (Å²) < 4.78 is 0. The van der Waals surface area contributed by atoms with E-state index in [2.05, 4.69) is 23.7 Å². The molecule has 1 aromatic rings. The first kappa shape index (κ1) is 14.9. The molecule has 1 rings (SSSR count). The van der Waals surface area contributed by atoms with E-state index in [1.807, 2.05) is 6.07 Å². The molecule has 0 atom stereocenters. The van der Waals surface area contributed by atoms with Gasteiger partial charge in [0.1, 0.15) is 10.8 Å². The Labute approximate surface area is 114 Å². The standard InChI is InChI=1S/C13H21N3OS/c1-3-11(4-2)16(7-8-17)12-9-10(13(14)18)5-6-15-12/h5-6,9,11,17H,3-4,7-8H2,1-2H3,(H2,14,18). The van der Waals surface area contributed by atoms with Gasteiger partial charge in [-0.3, -0.25) is 0 Å². The zero-order valence-corrected chi connectivity index (χ0v) is 11.8. The second-order valence-corrected chi connectivity index (χ2v) is 4.59. The second-order valence-electron chi connectivity index (χ2n) is 4.15. The van der Waals surface area contributed by atoms with Crippen molar-refractivity contribution in [3.05, 3.63) is 23.9 Å². The van der Waals surface area contributed by atoms with E-state index in [9.17, 15) is 5.11 Å². The Bertz CT molecular complexity index is 394. The molecule has 1 aromatic heterocycles. The normalized spacial score (nSPS) is 10.7. The van der Waals surface area contributed by atoms with Crippen LogP contribution in [0.5, 0.6) is 0 Å². The zero-order chi connectivity index (χ0) is 13.5. The number of hydrogen-bond donors (Lipinski definition) is 2. The lowest BCUT2D eigenvalue weighted by atomic mass is 10.1. The minimum absolute atomic E-state index is 0.107. The van der Waals surface area contributed by atoms with E-state index in [1.165, 1.54) is 0 Å². The van der Waals surface area contributed by atoms with Gasteiger partial charge in [-0.05, 0) is 25.0 Å². The number of nitrogens with two attached hydrogens (primary N) is 1.